The molecule has 0 saturated carbocycles. The third-order valence-corrected chi connectivity index (χ3v) is 4.13. The van der Waals surface area contributed by atoms with Gasteiger partial charge in [-0.25, -0.2) is 0 Å². The molecule has 1 heterocycles. The van der Waals surface area contributed by atoms with Crippen LogP contribution in [0.25, 0.3) is 0 Å². The van der Waals surface area contributed by atoms with E-state index in [2.05, 4.69) is 0 Å². The standard InChI is InChI=1S/C9H20N2OS/c10-7-6-13-8(9(7)11)4-2-1-3-5-12/h7-9,12H,1-6,10-11H2/t7-,8-,9-/m0/s1. The van der Waals surface area contributed by atoms with E-state index in [1.807, 2.05) is 11.8 Å². The van der Waals surface area contributed by atoms with Crippen molar-refractivity contribution in [3.05, 3.63) is 0 Å². The maximum absolute atomic E-state index is 8.60. The molecule has 4 heteroatoms. The van der Waals surface area contributed by atoms with Gasteiger partial charge in [0.15, 0.2) is 0 Å². The fraction of sp³-hybridized carbons (Fsp3) is 1.00. The first-order chi connectivity index (χ1) is 6.25. The van der Waals surface area contributed by atoms with Crippen LogP contribution in [-0.2, 0) is 0 Å². The molecule has 1 saturated heterocycles. The summed E-state index contributed by atoms with van der Waals surface area (Å²) in [6.07, 6.45) is 4.34. The summed E-state index contributed by atoms with van der Waals surface area (Å²) < 4.78 is 0. The molecule has 0 aromatic carbocycles. The van der Waals surface area contributed by atoms with Gasteiger partial charge in [-0.05, 0) is 12.8 Å². The van der Waals surface area contributed by atoms with E-state index < -0.39 is 0 Å². The molecular weight excluding hydrogens is 184 g/mol. The lowest BCUT2D eigenvalue weighted by atomic mass is 10.0. The minimum Gasteiger partial charge on any atom is -0.396 e. The van der Waals surface area contributed by atoms with Crippen LogP contribution in [0.2, 0.25) is 0 Å². The number of hydrogen-bond donors (Lipinski definition) is 3. The largest absolute Gasteiger partial charge is 0.396 e. The Hall–Kier alpha value is 0.230. The maximum Gasteiger partial charge on any atom is 0.0431 e. The van der Waals surface area contributed by atoms with Crippen molar-refractivity contribution in [2.24, 2.45) is 11.5 Å². The normalized spacial score (nSPS) is 33.9. The lowest BCUT2D eigenvalue weighted by Gasteiger charge is -2.16. The highest BCUT2D eigenvalue weighted by molar-refractivity contribution is 8.00. The maximum atomic E-state index is 8.60. The summed E-state index contributed by atoms with van der Waals surface area (Å²) in [5.41, 5.74) is 11.8. The Morgan fingerprint density at radius 3 is 2.54 bits per heavy atom. The monoisotopic (exact) mass is 204 g/mol. The zero-order chi connectivity index (χ0) is 9.68. The van der Waals surface area contributed by atoms with Crippen LogP contribution in [0, 0.1) is 0 Å². The first-order valence-corrected chi connectivity index (χ1v) is 6.04. The van der Waals surface area contributed by atoms with Crippen molar-refractivity contribution in [2.75, 3.05) is 12.4 Å². The fourth-order valence-electron chi connectivity index (χ4n) is 1.64. The summed E-state index contributed by atoms with van der Waals surface area (Å²) >= 11 is 1.90. The molecule has 1 rings (SSSR count). The van der Waals surface area contributed by atoms with Gasteiger partial charge in [-0.15, -0.1) is 0 Å². The molecule has 1 fully saturated rings. The SMILES string of the molecule is N[C@@H]1[C@H](CCCCCO)SC[C@@H]1N. The van der Waals surface area contributed by atoms with Gasteiger partial charge in [0.25, 0.3) is 0 Å². The molecule has 0 spiro atoms. The van der Waals surface area contributed by atoms with Gasteiger partial charge < -0.3 is 16.6 Å². The Kier molecular flexibility index (Phi) is 5.09. The van der Waals surface area contributed by atoms with Gasteiger partial charge in [0, 0.05) is 29.7 Å². The zero-order valence-corrected chi connectivity index (χ0v) is 8.80. The molecule has 0 bridgehead atoms. The smallest absolute Gasteiger partial charge is 0.0431 e. The van der Waals surface area contributed by atoms with E-state index in [9.17, 15) is 0 Å². The number of rotatable bonds is 5. The first kappa shape index (κ1) is 11.3. The van der Waals surface area contributed by atoms with E-state index in [1.165, 1.54) is 6.42 Å². The van der Waals surface area contributed by atoms with E-state index in [-0.39, 0.29) is 12.1 Å². The number of thioether (sulfide) groups is 1. The van der Waals surface area contributed by atoms with Crippen molar-refractivity contribution in [3.8, 4) is 0 Å². The first-order valence-electron chi connectivity index (χ1n) is 4.99. The second-order valence-electron chi connectivity index (χ2n) is 3.69. The number of nitrogens with two attached hydrogens (primary N) is 2. The highest BCUT2D eigenvalue weighted by Gasteiger charge is 2.30. The Balaban J connectivity index is 2.08. The topological polar surface area (TPSA) is 72.3 Å². The second-order valence-corrected chi connectivity index (χ2v) is 4.96. The average Bonchev–Trinajstić information content (AvgIpc) is 2.43. The van der Waals surface area contributed by atoms with Gasteiger partial charge in [-0.3, -0.25) is 0 Å². The van der Waals surface area contributed by atoms with Crippen molar-refractivity contribution in [1.82, 2.24) is 0 Å². The Morgan fingerprint density at radius 1 is 1.23 bits per heavy atom. The van der Waals surface area contributed by atoms with Crippen LogP contribution in [-0.4, -0.2) is 34.8 Å². The molecule has 5 N–H and O–H groups in total. The summed E-state index contributed by atoms with van der Waals surface area (Å²) in [7, 11) is 0. The molecule has 0 aromatic rings. The molecule has 1 aliphatic rings. The van der Waals surface area contributed by atoms with Crippen LogP contribution in [0.15, 0.2) is 0 Å². The van der Waals surface area contributed by atoms with Gasteiger partial charge >= 0.3 is 0 Å². The average molecular weight is 204 g/mol. The third-order valence-electron chi connectivity index (χ3n) is 2.57. The van der Waals surface area contributed by atoms with Gasteiger partial charge in [0.05, 0.1) is 0 Å². The summed E-state index contributed by atoms with van der Waals surface area (Å²) in [6.45, 7) is 0.309. The molecule has 3 nitrogen and oxygen atoms in total. The summed E-state index contributed by atoms with van der Waals surface area (Å²) in [4.78, 5) is 0. The molecule has 13 heavy (non-hydrogen) atoms. The van der Waals surface area contributed by atoms with Crippen LogP contribution in [0.3, 0.4) is 0 Å². The van der Waals surface area contributed by atoms with E-state index in [4.69, 9.17) is 16.6 Å². The predicted octanol–water partition coefficient (Wildman–Crippen LogP) is 0.309. The van der Waals surface area contributed by atoms with Gasteiger partial charge in [0.2, 0.25) is 0 Å². The Bertz CT molecular complexity index is 146. The van der Waals surface area contributed by atoms with Crippen LogP contribution in [0.5, 0.6) is 0 Å². The highest BCUT2D eigenvalue weighted by atomic mass is 32.2. The molecular formula is C9H20N2OS. The highest BCUT2D eigenvalue weighted by Crippen LogP contribution is 2.28. The van der Waals surface area contributed by atoms with E-state index >= 15 is 0 Å². The zero-order valence-electron chi connectivity index (χ0n) is 7.98. The third kappa shape index (κ3) is 3.46. The predicted molar refractivity (Wildman–Crippen MR) is 57.8 cm³/mol. The van der Waals surface area contributed by atoms with Gasteiger partial charge in [-0.1, -0.05) is 12.8 Å². The molecule has 78 valence electrons. The molecule has 1 aliphatic heterocycles. The molecule has 0 aromatic heterocycles. The molecule has 3 atom stereocenters. The van der Waals surface area contributed by atoms with Crippen molar-refractivity contribution in [2.45, 2.75) is 43.0 Å². The summed E-state index contributed by atoms with van der Waals surface area (Å²) in [6, 6.07) is 0.368. The molecule has 0 unspecified atom stereocenters. The van der Waals surface area contributed by atoms with E-state index in [0.29, 0.717) is 11.9 Å². The molecule has 0 aliphatic carbocycles. The lowest BCUT2D eigenvalue weighted by molar-refractivity contribution is 0.282. The summed E-state index contributed by atoms with van der Waals surface area (Å²) in [5.74, 6) is 1.01. The minimum absolute atomic E-state index is 0.180. The van der Waals surface area contributed by atoms with E-state index in [1.54, 1.807) is 0 Å². The number of aliphatic hydroxyl groups excluding tert-OH is 1. The molecule has 0 amide bonds. The summed E-state index contributed by atoms with van der Waals surface area (Å²) in [5, 5.41) is 9.15. The number of hydrogen-bond acceptors (Lipinski definition) is 4. The van der Waals surface area contributed by atoms with Crippen molar-refractivity contribution < 1.29 is 5.11 Å². The van der Waals surface area contributed by atoms with Crippen molar-refractivity contribution in [3.63, 3.8) is 0 Å². The van der Waals surface area contributed by atoms with E-state index in [0.717, 1.165) is 25.0 Å². The van der Waals surface area contributed by atoms with Crippen LogP contribution >= 0.6 is 11.8 Å². The van der Waals surface area contributed by atoms with Crippen molar-refractivity contribution >= 4 is 11.8 Å². The lowest BCUT2D eigenvalue weighted by Crippen LogP contribution is -2.43. The Morgan fingerprint density at radius 2 is 2.00 bits per heavy atom. The van der Waals surface area contributed by atoms with Crippen molar-refractivity contribution in [1.29, 1.82) is 0 Å². The van der Waals surface area contributed by atoms with Crippen LogP contribution in [0.1, 0.15) is 25.7 Å². The minimum atomic E-state index is 0.180. The second kappa shape index (κ2) is 5.86. The van der Waals surface area contributed by atoms with Gasteiger partial charge in [-0.2, -0.15) is 11.8 Å². The number of unbranched alkanes of at least 4 members (excludes halogenated alkanes) is 2. The number of aliphatic hydroxyl groups is 1. The van der Waals surface area contributed by atoms with Crippen LogP contribution < -0.4 is 11.5 Å². The van der Waals surface area contributed by atoms with Crippen LogP contribution in [0.4, 0.5) is 0 Å². The quantitative estimate of drug-likeness (QED) is 0.564. The fourth-order valence-corrected chi connectivity index (χ4v) is 3.09. The Labute approximate surface area is 84.3 Å². The van der Waals surface area contributed by atoms with Gasteiger partial charge in [0.1, 0.15) is 0 Å². The molecule has 0 radical (unpaired) electrons.